The van der Waals surface area contributed by atoms with Gasteiger partial charge in [0.2, 0.25) is 11.8 Å². The molecule has 0 aromatic heterocycles. The van der Waals surface area contributed by atoms with Crippen molar-refractivity contribution < 1.29 is 19.1 Å². The zero-order chi connectivity index (χ0) is 19.4. The number of rotatable bonds is 6. The predicted octanol–water partition coefficient (Wildman–Crippen LogP) is 3.89. The minimum absolute atomic E-state index is 0.0488. The Morgan fingerprint density at radius 2 is 1.96 bits per heavy atom. The molecule has 0 bridgehead atoms. The molecule has 0 aliphatic carbocycles. The Bertz CT molecular complexity index is 869. The molecule has 1 atom stereocenters. The molecule has 3 rings (SSSR count). The number of ether oxygens (including phenoxy) is 2. The van der Waals surface area contributed by atoms with Crippen molar-refractivity contribution in [1.29, 1.82) is 0 Å². The SMILES string of the molecule is COc1cc(NC(=O)CCC2Cc3ccccc3NC2=O)c(OC)cc1Cl. The maximum Gasteiger partial charge on any atom is 0.227 e. The van der Waals surface area contributed by atoms with Crippen molar-refractivity contribution in [3.63, 3.8) is 0 Å². The fraction of sp³-hybridized carbons (Fsp3) is 0.300. The number of methoxy groups -OCH3 is 2. The van der Waals surface area contributed by atoms with Crippen molar-refractivity contribution >= 4 is 34.8 Å². The van der Waals surface area contributed by atoms with E-state index in [1.807, 2.05) is 24.3 Å². The number of nitrogens with one attached hydrogen (secondary N) is 2. The summed E-state index contributed by atoms with van der Waals surface area (Å²) in [6, 6.07) is 10.9. The molecule has 1 aliphatic rings. The van der Waals surface area contributed by atoms with Crippen molar-refractivity contribution in [3.05, 3.63) is 47.0 Å². The molecule has 0 spiro atoms. The molecule has 27 heavy (non-hydrogen) atoms. The summed E-state index contributed by atoms with van der Waals surface area (Å²) in [5, 5.41) is 6.10. The van der Waals surface area contributed by atoms with E-state index in [0.29, 0.717) is 35.1 Å². The molecular weight excluding hydrogens is 368 g/mol. The van der Waals surface area contributed by atoms with Gasteiger partial charge in [-0.1, -0.05) is 29.8 Å². The highest BCUT2D eigenvalue weighted by molar-refractivity contribution is 6.32. The number of para-hydroxylation sites is 1. The number of carbonyl (C=O) groups excluding carboxylic acids is 2. The standard InChI is InChI=1S/C20H21ClN2O4/c1-26-17-11-16(18(27-2)10-14(17)21)22-19(24)8-7-13-9-12-5-3-4-6-15(12)23-20(13)25/h3-6,10-11,13H,7-9H2,1-2H3,(H,22,24)(H,23,25). The second-order valence-corrected chi connectivity index (χ2v) is 6.73. The van der Waals surface area contributed by atoms with Gasteiger partial charge in [-0.15, -0.1) is 0 Å². The van der Waals surface area contributed by atoms with Gasteiger partial charge in [-0.05, 0) is 24.5 Å². The third-order valence-corrected chi connectivity index (χ3v) is 4.88. The molecule has 1 heterocycles. The van der Waals surface area contributed by atoms with Gasteiger partial charge < -0.3 is 20.1 Å². The monoisotopic (exact) mass is 388 g/mol. The largest absolute Gasteiger partial charge is 0.495 e. The van der Waals surface area contributed by atoms with Crippen LogP contribution in [0, 0.1) is 5.92 Å². The average Bonchev–Trinajstić information content (AvgIpc) is 2.67. The van der Waals surface area contributed by atoms with Crippen molar-refractivity contribution in [3.8, 4) is 11.5 Å². The van der Waals surface area contributed by atoms with Crippen LogP contribution in [0.25, 0.3) is 0 Å². The van der Waals surface area contributed by atoms with E-state index in [4.69, 9.17) is 21.1 Å². The van der Waals surface area contributed by atoms with E-state index >= 15 is 0 Å². The Morgan fingerprint density at radius 1 is 1.22 bits per heavy atom. The first-order valence-electron chi connectivity index (χ1n) is 8.62. The van der Waals surface area contributed by atoms with Crippen LogP contribution in [-0.2, 0) is 16.0 Å². The van der Waals surface area contributed by atoms with Gasteiger partial charge in [0.15, 0.2) is 0 Å². The Hall–Kier alpha value is -2.73. The van der Waals surface area contributed by atoms with Crippen LogP contribution < -0.4 is 20.1 Å². The van der Waals surface area contributed by atoms with Crippen LogP contribution in [0.15, 0.2) is 36.4 Å². The van der Waals surface area contributed by atoms with E-state index in [1.165, 1.54) is 14.2 Å². The van der Waals surface area contributed by atoms with Crippen LogP contribution in [0.3, 0.4) is 0 Å². The molecule has 0 saturated heterocycles. The molecule has 142 valence electrons. The summed E-state index contributed by atoms with van der Waals surface area (Å²) in [5.41, 5.74) is 2.41. The fourth-order valence-electron chi connectivity index (χ4n) is 3.12. The lowest BCUT2D eigenvalue weighted by Crippen LogP contribution is -2.30. The highest BCUT2D eigenvalue weighted by Gasteiger charge is 2.26. The normalized spacial score (nSPS) is 15.5. The first kappa shape index (κ1) is 19.0. The van der Waals surface area contributed by atoms with Crippen LogP contribution in [0.1, 0.15) is 18.4 Å². The van der Waals surface area contributed by atoms with Gasteiger partial charge in [-0.3, -0.25) is 9.59 Å². The smallest absolute Gasteiger partial charge is 0.227 e. The molecule has 0 radical (unpaired) electrons. The quantitative estimate of drug-likeness (QED) is 0.787. The molecule has 2 N–H and O–H groups in total. The molecule has 1 unspecified atom stereocenters. The first-order chi connectivity index (χ1) is 13.0. The highest BCUT2D eigenvalue weighted by Crippen LogP contribution is 2.36. The minimum atomic E-state index is -0.229. The molecule has 0 fully saturated rings. The number of carbonyl (C=O) groups is 2. The number of fused-ring (bicyclic) bond motifs is 1. The molecular formula is C20H21ClN2O4. The lowest BCUT2D eigenvalue weighted by Gasteiger charge is -2.24. The lowest BCUT2D eigenvalue weighted by atomic mass is 9.89. The zero-order valence-corrected chi connectivity index (χ0v) is 15.9. The fourth-order valence-corrected chi connectivity index (χ4v) is 3.35. The van der Waals surface area contributed by atoms with Crippen molar-refractivity contribution in [2.45, 2.75) is 19.3 Å². The predicted molar refractivity (Wildman–Crippen MR) is 105 cm³/mol. The van der Waals surface area contributed by atoms with E-state index in [0.717, 1.165) is 11.3 Å². The van der Waals surface area contributed by atoms with Crippen LogP contribution in [-0.4, -0.2) is 26.0 Å². The highest BCUT2D eigenvalue weighted by atomic mass is 35.5. The summed E-state index contributed by atoms with van der Waals surface area (Å²) in [4.78, 5) is 24.6. The maximum atomic E-state index is 12.4. The van der Waals surface area contributed by atoms with E-state index in [9.17, 15) is 9.59 Å². The molecule has 0 saturated carbocycles. The van der Waals surface area contributed by atoms with Crippen molar-refractivity contribution in [1.82, 2.24) is 0 Å². The minimum Gasteiger partial charge on any atom is -0.495 e. The number of anilines is 2. The second-order valence-electron chi connectivity index (χ2n) is 6.32. The number of hydrogen-bond acceptors (Lipinski definition) is 4. The molecule has 2 aromatic rings. The molecule has 7 heteroatoms. The van der Waals surface area contributed by atoms with Gasteiger partial charge >= 0.3 is 0 Å². The van der Waals surface area contributed by atoms with Crippen LogP contribution >= 0.6 is 11.6 Å². The summed E-state index contributed by atoms with van der Waals surface area (Å²) in [5.74, 6) is 0.401. The summed E-state index contributed by atoms with van der Waals surface area (Å²) in [6.45, 7) is 0. The Morgan fingerprint density at radius 3 is 2.70 bits per heavy atom. The third kappa shape index (κ3) is 4.34. The second kappa shape index (κ2) is 8.31. The molecule has 1 aliphatic heterocycles. The van der Waals surface area contributed by atoms with Gasteiger partial charge in [-0.2, -0.15) is 0 Å². The topological polar surface area (TPSA) is 76.7 Å². The molecule has 2 amide bonds. The van der Waals surface area contributed by atoms with Crippen LogP contribution in [0.5, 0.6) is 11.5 Å². The third-order valence-electron chi connectivity index (χ3n) is 4.58. The summed E-state index contributed by atoms with van der Waals surface area (Å²) in [6.07, 6.45) is 1.31. The van der Waals surface area contributed by atoms with Crippen LogP contribution in [0.2, 0.25) is 5.02 Å². The molecule has 2 aromatic carbocycles. The van der Waals surface area contributed by atoms with E-state index in [-0.39, 0.29) is 24.2 Å². The first-order valence-corrected chi connectivity index (χ1v) is 8.99. The lowest BCUT2D eigenvalue weighted by molar-refractivity contribution is -0.121. The van der Waals surface area contributed by atoms with Gasteiger partial charge in [0.25, 0.3) is 0 Å². The van der Waals surface area contributed by atoms with E-state index in [2.05, 4.69) is 10.6 Å². The number of hydrogen-bond donors (Lipinski definition) is 2. The summed E-state index contributed by atoms with van der Waals surface area (Å²) < 4.78 is 10.4. The van der Waals surface area contributed by atoms with Gasteiger partial charge in [0.05, 0.1) is 24.9 Å². The van der Waals surface area contributed by atoms with Crippen molar-refractivity contribution in [2.24, 2.45) is 5.92 Å². The van der Waals surface area contributed by atoms with Crippen molar-refractivity contribution in [2.75, 3.05) is 24.9 Å². The molecule has 6 nitrogen and oxygen atoms in total. The van der Waals surface area contributed by atoms with E-state index in [1.54, 1.807) is 12.1 Å². The maximum absolute atomic E-state index is 12.4. The van der Waals surface area contributed by atoms with Gasteiger partial charge in [0.1, 0.15) is 11.5 Å². The number of halogens is 1. The van der Waals surface area contributed by atoms with Gasteiger partial charge in [0, 0.05) is 30.2 Å². The van der Waals surface area contributed by atoms with Gasteiger partial charge in [-0.25, -0.2) is 0 Å². The zero-order valence-electron chi connectivity index (χ0n) is 15.2. The van der Waals surface area contributed by atoms with Crippen LogP contribution in [0.4, 0.5) is 11.4 Å². The number of benzene rings is 2. The Balaban J connectivity index is 1.63. The summed E-state index contributed by atoms with van der Waals surface area (Å²) in [7, 11) is 3.00. The summed E-state index contributed by atoms with van der Waals surface area (Å²) >= 11 is 6.07. The Kier molecular flexibility index (Phi) is 5.86. The average molecular weight is 389 g/mol. The Labute approximate surface area is 162 Å². The van der Waals surface area contributed by atoms with E-state index < -0.39 is 0 Å². The number of amides is 2.